The Labute approximate surface area is 330 Å². The second kappa shape index (κ2) is 36.8. The molecule has 0 aliphatic heterocycles. The predicted octanol–water partition coefficient (Wildman–Crippen LogP) is 9.36. The largest absolute Gasteiger partial charge is 0.480 e. The fourth-order valence-corrected chi connectivity index (χ4v) is 5.79. The first-order chi connectivity index (χ1) is 26.5. The lowest BCUT2D eigenvalue weighted by Crippen LogP contribution is -2.34. The molecule has 0 saturated carbocycles. The summed E-state index contributed by atoms with van der Waals surface area (Å²) in [5, 5.41) is 18.9. The zero-order valence-corrected chi connectivity index (χ0v) is 34.5. The maximum Gasteiger partial charge on any atom is 0.472 e. The first-order valence-electron chi connectivity index (χ1n) is 20.4. The van der Waals surface area contributed by atoms with Gasteiger partial charge in [0, 0.05) is 12.8 Å². The molecule has 0 fully saturated rings. The fourth-order valence-electron chi connectivity index (χ4n) is 5.02. The van der Waals surface area contributed by atoms with E-state index in [0.29, 0.717) is 32.1 Å². The maximum atomic E-state index is 12.6. The van der Waals surface area contributed by atoms with E-state index >= 15 is 0 Å². The summed E-state index contributed by atoms with van der Waals surface area (Å²) < 4.78 is 32.5. The number of aliphatic hydroxyl groups excluding tert-OH is 1. The Morgan fingerprint density at radius 3 is 1.89 bits per heavy atom. The molecule has 55 heavy (non-hydrogen) atoms. The molecule has 0 heterocycles. The quantitative estimate of drug-likeness (QED) is 0.0153. The van der Waals surface area contributed by atoms with Gasteiger partial charge < -0.3 is 30.3 Å². The van der Waals surface area contributed by atoms with Crippen molar-refractivity contribution in [3.8, 4) is 0 Å². The van der Waals surface area contributed by atoms with Gasteiger partial charge in [-0.3, -0.25) is 23.4 Å². The molecule has 0 radical (unpaired) electrons. The van der Waals surface area contributed by atoms with Crippen molar-refractivity contribution >= 4 is 25.7 Å². The number of nitrogens with two attached hydrogens (primary N) is 1. The van der Waals surface area contributed by atoms with Crippen molar-refractivity contribution in [1.82, 2.24) is 0 Å². The molecule has 0 aromatic rings. The van der Waals surface area contributed by atoms with Gasteiger partial charge in [-0.1, -0.05) is 126 Å². The van der Waals surface area contributed by atoms with Crippen molar-refractivity contribution in [2.24, 2.45) is 5.73 Å². The van der Waals surface area contributed by atoms with E-state index in [1.54, 1.807) is 6.08 Å². The molecule has 0 aliphatic carbocycles. The molecular formula is C42H72NO11P. The van der Waals surface area contributed by atoms with Crippen LogP contribution >= 0.6 is 7.82 Å². The van der Waals surface area contributed by atoms with Crippen molar-refractivity contribution < 1.29 is 52.6 Å². The van der Waals surface area contributed by atoms with E-state index in [1.165, 1.54) is 44.9 Å². The molecule has 0 rings (SSSR count). The minimum absolute atomic E-state index is 0.110. The number of hydrogen-bond acceptors (Lipinski definition) is 10. The second-order valence-electron chi connectivity index (χ2n) is 13.6. The molecule has 0 spiro atoms. The molecule has 13 heteroatoms. The Kier molecular flexibility index (Phi) is 34.8. The molecule has 0 amide bonds. The number of unbranched alkanes of at least 4 members (excludes halogenated alkanes) is 13. The summed E-state index contributed by atoms with van der Waals surface area (Å²) in [4.78, 5) is 45.8. The van der Waals surface area contributed by atoms with Crippen LogP contribution in [-0.2, 0) is 37.5 Å². The first-order valence-corrected chi connectivity index (χ1v) is 21.9. The standard InChI is InChI=1S/C42H72NO11P/c1-3-5-7-9-11-12-13-14-15-16-21-25-29-33-41(46)54-38(35-52-55(49,50)53-36-39(43)42(47)48)34-51-40(45)32-28-24-20-18-17-19-23-27-31-37(44)30-26-22-10-8-6-4-2/h12-13,18-20,22-23,26-27,31,37-39,44H,3-11,14-17,21,24-25,28-30,32-36,43H2,1-2H3,(H,47,48)(H,49,50)/b13-12-,20-18-,23-19-,26-22-,31-27+/t37-,38-,39+/m1/s1. The summed E-state index contributed by atoms with van der Waals surface area (Å²) in [6.45, 7) is 2.59. The molecule has 0 bridgehead atoms. The molecule has 0 aromatic carbocycles. The number of rotatable bonds is 37. The molecule has 0 saturated heterocycles. The van der Waals surface area contributed by atoms with Crippen LogP contribution in [0, 0.1) is 0 Å². The third-order valence-electron chi connectivity index (χ3n) is 8.32. The number of aliphatic carboxylic acids is 1. The van der Waals surface area contributed by atoms with Crippen molar-refractivity contribution in [2.75, 3.05) is 19.8 Å². The van der Waals surface area contributed by atoms with Gasteiger partial charge in [-0.25, -0.2) is 4.57 Å². The number of aliphatic hydroxyl groups is 1. The van der Waals surface area contributed by atoms with Crippen LogP contribution < -0.4 is 5.73 Å². The van der Waals surface area contributed by atoms with Crippen molar-refractivity contribution in [1.29, 1.82) is 0 Å². The molecule has 316 valence electrons. The number of esters is 2. The topological polar surface area (TPSA) is 192 Å². The van der Waals surface area contributed by atoms with Crippen LogP contribution in [0.15, 0.2) is 60.8 Å². The van der Waals surface area contributed by atoms with E-state index in [2.05, 4.69) is 36.6 Å². The zero-order chi connectivity index (χ0) is 40.8. The Hall–Kier alpha value is -2.86. The van der Waals surface area contributed by atoms with Crippen LogP contribution in [0.5, 0.6) is 0 Å². The van der Waals surface area contributed by atoms with Crippen LogP contribution in [0.4, 0.5) is 0 Å². The van der Waals surface area contributed by atoms with Crippen LogP contribution in [-0.4, -0.2) is 71.1 Å². The van der Waals surface area contributed by atoms with Gasteiger partial charge in [0.05, 0.1) is 19.3 Å². The van der Waals surface area contributed by atoms with Gasteiger partial charge in [0.15, 0.2) is 6.10 Å². The summed E-state index contributed by atoms with van der Waals surface area (Å²) in [7, 11) is -4.74. The van der Waals surface area contributed by atoms with E-state index in [-0.39, 0.29) is 12.8 Å². The summed E-state index contributed by atoms with van der Waals surface area (Å²) in [6, 6.07) is -1.54. The lowest BCUT2D eigenvalue weighted by molar-refractivity contribution is -0.161. The third-order valence-corrected chi connectivity index (χ3v) is 9.27. The van der Waals surface area contributed by atoms with Crippen LogP contribution in [0.25, 0.3) is 0 Å². The lowest BCUT2D eigenvalue weighted by atomic mass is 10.1. The van der Waals surface area contributed by atoms with Crippen LogP contribution in [0.3, 0.4) is 0 Å². The number of carboxylic acids is 1. The molecule has 0 aliphatic rings. The van der Waals surface area contributed by atoms with Gasteiger partial charge in [-0.15, -0.1) is 0 Å². The number of carbonyl (C=O) groups excluding carboxylic acids is 2. The average Bonchev–Trinajstić information content (AvgIpc) is 3.15. The number of hydrogen-bond donors (Lipinski definition) is 4. The van der Waals surface area contributed by atoms with E-state index in [4.69, 9.17) is 24.8 Å². The highest BCUT2D eigenvalue weighted by atomic mass is 31.2. The zero-order valence-electron chi connectivity index (χ0n) is 33.6. The summed E-state index contributed by atoms with van der Waals surface area (Å²) in [6.07, 6.45) is 37.5. The highest BCUT2D eigenvalue weighted by molar-refractivity contribution is 7.47. The fraction of sp³-hybridized carbons (Fsp3) is 0.690. The van der Waals surface area contributed by atoms with E-state index < -0.39 is 63.8 Å². The highest BCUT2D eigenvalue weighted by Crippen LogP contribution is 2.43. The summed E-state index contributed by atoms with van der Waals surface area (Å²) in [5.41, 5.74) is 5.31. The Morgan fingerprint density at radius 2 is 1.20 bits per heavy atom. The predicted molar refractivity (Wildman–Crippen MR) is 218 cm³/mol. The van der Waals surface area contributed by atoms with Gasteiger partial charge in [0.1, 0.15) is 12.6 Å². The Morgan fingerprint density at radius 1 is 0.655 bits per heavy atom. The Balaban J connectivity index is 4.58. The number of phosphoric ester groups is 1. The minimum Gasteiger partial charge on any atom is -0.480 e. The highest BCUT2D eigenvalue weighted by Gasteiger charge is 2.28. The van der Waals surface area contributed by atoms with Gasteiger partial charge in [-0.05, 0) is 70.6 Å². The molecule has 1 unspecified atom stereocenters. The van der Waals surface area contributed by atoms with Gasteiger partial charge in [-0.2, -0.15) is 0 Å². The van der Waals surface area contributed by atoms with Crippen molar-refractivity contribution in [3.63, 3.8) is 0 Å². The number of allylic oxidation sites excluding steroid dienone is 8. The summed E-state index contributed by atoms with van der Waals surface area (Å²) >= 11 is 0. The molecule has 12 nitrogen and oxygen atoms in total. The molecule has 4 atom stereocenters. The van der Waals surface area contributed by atoms with Crippen LogP contribution in [0.2, 0.25) is 0 Å². The third kappa shape index (κ3) is 36.5. The normalized spacial score (nSPS) is 15.0. The van der Waals surface area contributed by atoms with Crippen molar-refractivity contribution in [2.45, 2.75) is 167 Å². The molecule has 5 N–H and O–H groups in total. The smallest absolute Gasteiger partial charge is 0.472 e. The lowest BCUT2D eigenvalue weighted by Gasteiger charge is -2.20. The SMILES string of the molecule is CCCCC/C=C\C[C@@H](O)/C=C/C=C\C/C=C\CCCC(=O)OC[C@H](COP(=O)(O)OC[C@H](N)C(=O)O)OC(=O)CCCCCCC/C=C\CCCCCC. The summed E-state index contributed by atoms with van der Waals surface area (Å²) in [5.74, 6) is -2.52. The number of carboxylic acid groups (broad SMARTS) is 1. The van der Waals surface area contributed by atoms with Gasteiger partial charge in [0.25, 0.3) is 0 Å². The van der Waals surface area contributed by atoms with Gasteiger partial charge >= 0.3 is 25.7 Å². The first kappa shape index (κ1) is 52.1. The minimum atomic E-state index is -4.74. The molecular weight excluding hydrogens is 725 g/mol. The average molecular weight is 798 g/mol. The van der Waals surface area contributed by atoms with E-state index in [9.17, 15) is 28.9 Å². The van der Waals surface area contributed by atoms with E-state index in [0.717, 1.165) is 44.9 Å². The van der Waals surface area contributed by atoms with E-state index in [1.807, 2.05) is 36.5 Å². The number of carbonyl (C=O) groups is 3. The van der Waals surface area contributed by atoms with Gasteiger partial charge in [0.2, 0.25) is 0 Å². The number of phosphoric acid groups is 1. The van der Waals surface area contributed by atoms with Crippen molar-refractivity contribution in [3.05, 3.63) is 60.8 Å². The van der Waals surface area contributed by atoms with Crippen LogP contribution in [0.1, 0.15) is 149 Å². The number of ether oxygens (including phenoxy) is 2. The monoisotopic (exact) mass is 797 g/mol. The maximum absolute atomic E-state index is 12.6. The Bertz CT molecular complexity index is 1180. The second-order valence-corrected chi connectivity index (χ2v) is 15.1. The molecule has 0 aromatic heterocycles.